The van der Waals surface area contributed by atoms with Crippen LogP contribution in [-0.2, 0) is 16.0 Å². The number of rotatable bonds is 8. The van der Waals surface area contributed by atoms with E-state index < -0.39 is 0 Å². The standard InChI is InChI=1S/C18H28ClN3O2/c1-3-20-18(21-12-16-6-4-5-7-17(16)19)22-9-8-15(13-22)14-24-11-10-23-2/h4-7,15H,3,8-14H2,1-2H3,(H,20,21). The van der Waals surface area contributed by atoms with Gasteiger partial charge in [-0.05, 0) is 25.0 Å². The van der Waals surface area contributed by atoms with Gasteiger partial charge in [0, 0.05) is 37.7 Å². The van der Waals surface area contributed by atoms with Gasteiger partial charge in [-0.2, -0.15) is 0 Å². The number of halogens is 1. The molecule has 5 nitrogen and oxygen atoms in total. The molecule has 1 heterocycles. The zero-order valence-electron chi connectivity index (χ0n) is 14.6. The van der Waals surface area contributed by atoms with Gasteiger partial charge < -0.3 is 19.7 Å². The van der Waals surface area contributed by atoms with Gasteiger partial charge in [-0.1, -0.05) is 29.8 Å². The monoisotopic (exact) mass is 353 g/mol. The van der Waals surface area contributed by atoms with Crippen molar-refractivity contribution in [2.75, 3.05) is 46.6 Å². The average molecular weight is 354 g/mol. The van der Waals surface area contributed by atoms with Crippen molar-refractivity contribution < 1.29 is 9.47 Å². The number of hydrogen-bond donors (Lipinski definition) is 1. The third-order valence-electron chi connectivity index (χ3n) is 4.06. The van der Waals surface area contributed by atoms with Crippen molar-refractivity contribution >= 4 is 17.6 Å². The molecule has 0 radical (unpaired) electrons. The van der Waals surface area contributed by atoms with Crippen LogP contribution in [0, 0.1) is 5.92 Å². The average Bonchev–Trinajstić information content (AvgIpc) is 3.05. The lowest BCUT2D eigenvalue weighted by Crippen LogP contribution is -2.40. The number of aliphatic imine (C=N–C) groups is 1. The molecular formula is C18H28ClN3O2. The summed E-state index contributed by atoms with van der Waals surface area (Å²) in [5.74, 6) is 1.50. The fourth-order valence-electron chi connectivity index (χ4n) is 2.77. The Bertz CT molecular complexity index is 525. The van der Waals surface area contributed by atoms with Gasteiger partial charge in [-0.15, -0.1) is 0 Å². The predicted octanol–water partition coefficient (Wildman–Crippen LogP) is 2.79. The van der Waals surface area contributed by atoms with Crippen LogP contribution >= 0.6 is 11.6 Å². The van der Waals surface area contributed by atoms with E-state index in [1.165, 1.54) is 0 Å². The first-order chi connectivity index (χ1) is 11.7. The summed E-state index contributed by atoms with van der Waals surface area (Å²) in [6.07, 6.45) is 1.13. The Hall–Kier alpha value is -1.30. The summed E-state index contributed by atoms with van der Waals surface area (Å²) in [6.45, 7) is 7.61. The summed E-state index contributed by atoms with van der Waals surface area (Å²) < 4.78 is 10.7. The normalized spacial score (nSPS) is 18.2. The Morgan fingerprint density at radius 2 is 2.21 bits per heavy atom. The molecule has 1 N–H and O–H groups in total. The minimum absolute atomic E-state index is 0.547. The summed E-state index contributed by atoms with van der Waals surface area (Å²) in [4.78, 5) is 7.07. The van der Waals surface area contributed by atoms with Crippen molar-refractivity contribution in [2.45, 2.75) is 19.9 Å². The lowest BCUT2D eigenvalue weighted by atomic mass is 10.1. The van der Waals surface area contributed by atoms with Crippen molar-refractivity contribution in [2.24, 2.45) is 10.9 Å². The third kappa shape index (κ3) is 5.96. The van der Waals surface area contributed by atoms with E-state index >= 15 is 0 Å². The lowest BCUT2D eigenvalue weighted by molar-refractivity contribution is 0.0536. The molecule has 1 fully saturated rings. The number of likely N-dealkylation sites (tertiary alicyclic amines) is 1. The second kappa shape index (κ2) is 10.5. The fourth-order valence-corrected chi connectivity index (χ4v) is 2.96. The van der Waals surface area contributed by atoms with E-state index in [2.05, 4.69) is 17.1 Å². The summed E-state index contributed by atoms with van der Waals surface area (Å²) in [5.41, 5.74) is 1.05. The molecule has 0 spiro atoms. The van der Waals surface area contributed by atoms with E-state index in [-0.39, 0.29) is 0 Å². The van der Waals surface area contributed by atoms with Gasteiger partial charge in [0.2, 0.25) is 0 Å². The van der Waals surface area contributed by atoms with E-state index in [4.69, 9.17) is 26.1 Å². The number of hydrogen-bond acceptors (Lipinski definition) is 3. The number of benzene rings is 1. The molecule has 1 saturated heterocycles. The maximum absolute atomic E-state index is 6.22. The fraction of sp³-hybridized carbons (Fsp3) is 0.611. The Labute approximate surface area is 150 Å². The highest BCUT2D eigenvalue weighted by atomic mass is 35.5. The zero-order chi connectivity index (χ0) is 17.2. The molecule has 1 aliphatic rings. The topological polar surface area (TPSA) is 46.1 Å². The molecule has 134 valence electrons. The molecular weight excluding hydrogens is 326 g/mol. The molecule has 1 aliphatic heterocycles. The van der Waals surface area contributed by atoms with E-state index in [0.29, 0.717) is 25.7 Å². The number of ether oxygens (including phenoxy) is 2. The van der Waals surface area contributed by atoms with Crippen molar-refractivity contribution in [3.05, 3.63) is 34.9 Å². The zero-order valence-corrected chi connectivity index (χ0v) is 15.4. The molecule has 1 aromatic rings. The highest BCUT2D eigenvalue weighted by molar-refractivity contribution is 6.31. The predicted molar refractivity (Wildman–Crippen MR) is 98.6 cm³/mol. The van der Waals surface area contributed by atoms with Crippen LogP contribution in [0.25, 0.3) is 0 Å². The Morgan fingerprint density at radius 3 is 2.96 bits per heavy atom. The van der Waals surface area contributed by atoms with Crippen LogP contribution in [-0.4, -0.2) is 57.4 Å². The van der Waals surface area contributed by atoms with Crippen LogP contribution < -0.4 is 5.32 Å². The second-order valence-corrected chi connectivity index (χ2v) is 6.34. The summed E-state index contributed by atoms with van der Waals surface area (Å²) in [6, 6.07) is 7.86. The lowest BCUT2D eigenvalue weighted by Gasteiger charge is -2.21. The maximum atomic E-state index is 6.22. The molecule has 0 amide bonds. The van der Waals surface area contributed by atoms with Crippen LogP contribution in [0.2, 0.25) is 5.02 Å². The van der Waals surface area contributed by atoms with Crippen molar-refractivity contribution in [1.29, 1.82) is 0 Å². The highest BCUT2D eigenvalue weighted by Crippen LogP contribution is 2.18. The molecule has 24 heavy (non-hydrogen) atoms. The first-order valence-corrected chi connectivity index (χ1v) is 8.95. The SMILES string of the molecule is CCNC(=NCc1ccccc1Cl)N1CCC(COCCOC)C1. The summed E-state index contributed by atoms with van der Waals surface area (Å²) >= 11 is 6.22. The van der Waals surface area contributed by atoms with Gasteiger partial charge in [0.15, 0.2) is 5.96 Å². The van der Waals surface area contributed by atoms with Gasteiger partial charge >= 0.3 is 0 Å². The first-order valence-electron chi connectivity index (χ1n) is 8.58. The molecule has 1 aromatic carbocycles. The third-order valence-corrected chi connectivity index (χ3v) is 4.43. The van der Waals surface area contributed by atoms with Gasteiger partial charge in [0.25, 0.3) is 0 Å². The van der Waals surface area contributed by atoms with Gasteiger partial charge in [0.1, 0.15) is 0 Å². The van der Waals surface area contributed by atoms with Gasteiger partial charge in [0.05, 0.1) is 26.4 Å². The largest absolute Gasteiger partial charge is 0.382 e. The number of nitrogens with zero attached hydrogens (tertiary/aromatic N) is 2. The minimum Gasteiger partial charge on any atom is -0.382 e. The number of nitrogens with one attached hydrogen (secondary N) is 1. The highest BCUT2D eigenvalue weighted by Gasteiger charge is 2.24. The quantitative estimate of drug-likeness (QED) is 0.443. The van der Waals surface area contributed by atoms with Crippen LogP contribution in [0.3, 0.4) is 0 Å². The van der Waals surface area contributed by atoms with E-state index in [9.17, 15) is 0 Å². The van der Waals surface area contributed by atoms with E-state index in [0.717, 1.165) is 49.2 Å². The van der Waals surface area contributed by atoms with E-state index in [1.54, 1.807) is 7.11 Å². The Balaban J connectivity index is 1.88. The van der Waals surface area contributed by atoms with Gasteiger partial charge in [-0.25, -0.2) is 4.99 Å². The molecule has 6 heteroatoms. The van der Waals surface area contributed by atoms with Crippen LogP contribution in [0.4, 0.5) is 0 Å². The van der Waals surface area contributed by atoms with Crippen molar-refractivity contribution in [3.63, 3.8) is 0 Å². The smallest absolute Gasteiger partial charge is 0.194 e. The van der Waals surface area contributed by atoms with Crippen LogP contribution in [0.15, 0.2) is 29.3 Å². The van der Waals surface area contributed by atoms with Crippen LogP contribution in [0.1, 0.15) is 18.9 Å². The molecule has 1 atom stereocenters. The van der Waals surface area contributed by atoms with Crippen molar-refractivity contribution in [3.8, 4) is 0 Å². The maximum Gasteiger partial charge on any atom is 0.194 e. The van der Waals surface area contributed by atoms with Crippen LogP contribution in [0.5, 0.6) is 0 Å². The molecule has 0 aliphatic carbocycles. The second-order valence-electron chi connectivity index (χ2n) is 5.93. The number of guanidine groups is 1. The Morgan fingerprint density at radius 1 is 1.38 bits per heavy atom. The van der Waals surface area contributed by atoms with Gasteiger partial charge in [-0.3, -0.25) is 0 Å². The van der Waals surface area contributed by atoms with E-state index in [1.807, 2.05) is 24.3 Å². The molecule has 0 bridgehead atoms. The summed E-state index contributed by atoms with van der Waals surface area (Å²) in [7, 11) is 1.69. The molecule has 0 saturated carbocycles. The van der Waals surface area contributed by atoms with Crippen molar-refractivity contribution in [1.82, 2.24) is 10.2 Å². The number of methoxy groups -OCH3 is 1. The Kier molecular flexibility index (Phi) is 8.36. The minimum atomic E-state index is 0.547. The molecule has 1 unspecified atom stereocenters. The molecule has 2 rings (SSSR count). The summed E-state index contributed by atoms with van der Waals surface area (Å²) in [5, 5.41) is 4.15. The first kappa shape index (κ1) is 19.0. The molecule has 0 aromatic heterocycles.